The van der Waals surface area contributed by atoms with Gasteiger partial charge in [-0.25, -0.2) is 4.68 Å². The second-order valence-corrected chi connectivity index (χ2v) is 7.81. The number of aromatic nitrogens is 3. The fourth-order valence-corrected chi connectivity index (χ4v) is 3.70. The van der Waals surface area contributed by atoms with Crippen LogP contribution in [0.4, 0.5) is 0 Å². The molecule has 2 aromatic heterocycles. The average Bonchev–Trinajstić information content (AvgIpc) is 3.33. The number of hydrogen-bond acceptors (Lipinski definition) is 5. The molecule has 3 heterocycles. The Bertz CT molecular complexity index is 997. The molecule has 0 atom stereocenters. The van der Waals surface area contributed by atoms with Crippen LogP contribution in [0.25, 0.3) is 11.8 Å². The summed E-state index contributed by atoms with van der Waals surface area (Å²) in [7, 11) is 0. The van der Waals surface area contributed by atoms with E-state index in [1.54, 1.807) is 29.3 Å². The van der Waals surface area contributed by atoms with E-state index >= 15 is 0 Å². The summed E-state index contributed by atoms with van der Waals surface area (Å²) in [5, 5.41) is 4.40. The van der Waals surface area contributed by atoms with Crippen molar-refractivity contribution >= 4 is 12.0 Å². The van der Waals surface area contributed by atoms with Gasteiger partial charge >= 0.3 is 0 Å². The molecule has 7 nitrogen and oxygen atoms in total. The lowest BCUT2D eigenvalue weighted by Gasteiger charge is -2.28. The van der Waals surface area contributed by atoms with Gasteiger partial charge in [-0.15, -0.1) is 0 Å². The van der Waals surface area contributed by atoms with E-state index in [9.17, 15) is 4.79 Å². The SMILES string of the molecule is O=C(/C=C/c1cnn(-c2ccccc2)c1)N(CCCN1CCOCC1)Cc1ccncc1. The van der Waals surface area contributed by atoms with Gasteiger partial charge in [0.05, 0.1) is 25.1 Å². The summed E-state index contributed by atoms with van der Waals surface area (Å²) in [6.45, 7) is 5.74. The lowest BCUT2D eigenvalue weighted by molar-refractivity contribution is -0.126. The lowest BCUT2D eigenvalue weighted by atomic mass is 10.2. The third-order valence-corrected chi connectivity index (χ3v) is 5.48. The predicted molar refractivity (Wildman–Crippen MR) is 124 cm³/mol. The summed E-state index contributed by atoms with van der Waals surface area (Å²) < 4.78 is 7.23. The van der Waals surface area contributed by atoms with Crippen LogP contribution in [0.1, 0.15) is 17.5 Å². The zero-order chi connectivity index (χ0) is 22.0. The molecule has 3 aromatic rings. The monoisotopic (exact) mass is 431 g/mol. The molecule has 0 radical (unpaired) electrons. The van der Waals surface area contributed by atoms with Crippen LogP contribution in [0, 0.1) is 0 Å². The number of morpholine rings is 1. The van der Waals surface area contributed by atoms with Gasteiger partial charge < -0.3 is 9.64 Å². The third-order valence-electron chi connectivity index (χ3n) is 5.48. The van der Waals surface area contributed by atoms with E-state index in [0.29, 0.717) is 13.1 Å². The molecule has 0 unspecified atom stereocenters. The number of pyridine rings is 1. The molecule has 166 valence electrons. The van der Waals surface area contributed by atoms with Gasteiger partial charge in [-0.2, -0.15) is 5.10 Å². The van der Waals surface area contributed by atoms with Crippen molar-refractivity contribution in [1.82, 2.24) is 24.6 Å². The van der Waals surface area contributed by atoms with E-state index in [1.165, 1.54) is 0 Å². The Morgan fingerprint density at radius 2 is 1.88 bits per heavy atom. The number of amides is 1. The minimum atomic E-state index is -0.00347. The number of ether oxygens (including phenoxy) is 1. The van der Waals surface area contributed by atoms with Gasteiger partial charge in [0.1, 0.15) is 0 Å². The van der Waals surface area contributed by atoms with Crippen LogP contribution >= 0.6 is 0 Å². The molecule has 0 N–H and O–H groups in total. The van der Waals surface area contributed by atoms with Crippen molar-refractivity contribution in [1.29, 1.82) is 0 Å². The van der Waals surface area contributed by atoms with Crippen LogP contribution < -0.4 is 0 Å². The van der Waals surface area contributed by atoms with Crippen molar-refractivity contribution in [2.75, 3.05) is 39.4 Å². The second kappa shape index (κ2) is 11.4. The molecule has 1 amide bonds. The molecule has 1 saturated heterocycles. The van der Waals surface area contributed by atoms with E-state index in [0.717, 1.165) is 56.1 Å². The Labute approximate surface area is 188 Å². The molecule has 0 bridgehead atoms. The van der Waals surface area contributed by atoms with Crippen LogP contribution in [0.3, 0.4) is 0 Å². The smallest absolute Gasteiger partial charge is 0.246 e. The summed E-state index contributed by atoms with van der Waals surface area (Å²) in [4.78, 5) is 21.4. The predicted octanol–water partition coefficient (Wildman–Crippen LogP) is 3.03. The molecule has 1 fully saturated rings. The minimum Gasteiger partial charge on any atom is -0.379 e. The van der Waals surface area contributed by atoms with Gasteiger partial charge in [-0.05, 0) is 42.3 Å². The molecule has 1 aliphatic heterocycles. The zero-order valence-corrected chi connectivity index (χ0v) is 18.2. The maximum absolute atomic E-state index is 13.0. The quantitative estimate of drug-likeness (QED) is 0.488. The summed E-state index contributed by atoms with van der Waals surface area (Å²) in [5.74, 6) is -0.00347. The summed E-state index contributed by atoms with van der Waals surface area (Å²) in [6, 6.07) is 13.8. The Balaban J connectivity index is 1.38. The van der Waals surface area contributed by atoms with E-state index in [-0.39, 0.29) is 5.91 Å². The largest absolute Gasteiger partial charge is 0.379 e. The van der Waals surface area contributed by atoms with Crippen LogP contribution in [-0.2, 0) is 16.1 Å². The van der Waals surface area contributed by atoms with Crippen LogP contribution in [0.2, 0.25) is 0 Å². The van der Waals surface area contributed by atoms with E-state index in [4.69, 9.17) is 4.74 Å². The number of rotatable bonds is 9. The van der Waals surface area contributed by atoms with Crippen molar-refractivity contribution in [2.24, 2.45) is 0 Å². The van der Waals surface area contributed by atoms with Crippen LogP contribution in [0.5, 0.6) is 0 Å². The highest BCUT2D eigenvalue weighted by Gasteiger charge is 2.14. The normalized spacial score (nSPS) is 14.6. The van der Waals surface area contributed by atoms with Gasteiger partial charge in [0.15, 0.2) is 0 Å². The van der Waals surface area contributed by atoms with Crippen molar-refractivity contribution < 1.29 is 9.53 Å². The van der Waals surface area contributed by atoms with E-state index in [2.05, 4.69) is 15.0 Å². The van der Waals surface area contributed by atoms with Crippen LogP contribution in [0.15, 0.2) is 73.3 Å². The topological polar surface area (TPSA) is 63.5 Å². The van der Waals surface area contributed by atoms with Crippen LogP contribution in [-0.4, -0.2) is 69.9 Å². The van der Waals surface area contributed by atoms with Gasteiger partial charge in [-0.3, -0.25) is 14.7 Å². The first-order chi connectivity index (χ1) is 15.8. The van der Waals surface area contributed by atoms with Crippen molar-refractivity contribution in [3.05, 3.63) is 84.5 Å². The maximum atomic E-state index is 13.0. The summed E-state index contributed by atoms with van der Waals surface area (Å²) in [5.41, 5.74) is 2.95. The molecular formula is C25H29N5O2. The molecule has 32 heavy (non-hydrogen) atoms. The third kappa shape index (κ3) is 6.35. The van der Waals surface area contributed by atoms with E-state index < -0.39 is 0 Å². The van der Waals surface area contributed by atoms with E-state index in [1.807, 2.05) is 59.6 Å². The molecule has 0 aliphatic carbocycles. The van der Waals surface area contributed by atoms with Gasteiger partial charge in [0.25, 0.3) is 0 Å². The highest BCUT2D eigenvalue weighted by atomic mass is 16.5. The molecule has 0 saturated carbocycles. The van der Waals surface area contributed by atoms with Crippen molar-refractivity contribution in [2.45, 2.75) is 13.0 Å². The molecule has 0 spiro atoms. The first kappa shape index (κ1) is 21.9. The van der Waals surface area contributed by atoms with Gasteiger partial charge in [0.2, 0.25) is 5.91 Å². The van der Waals surface area contributed by atoms with Gasteiger partial charge in [0, 0.05) is 63.0 Å². The number of carbonyl (C=O) groups is 1. The fourth-order valence-electron chi connectivity index (χ4n) is 3.70. The minimum absolute atomic E-state index is 0.00347. The molecule has 1 aliphatic rings. The number of benzene rings is 1. The molecule has 4 rings (SSSR count). The second-order valence-electron chi connectivity index (χ2n) is 7.81. The maximum Gasteiger partial charge on any atom is 0.246 e. The number of para-hydroxylation sites is 1. The standard InChI is InChI=1S/C25H29N5O2/c31-25(8-7-23-19-27-30(21-23)24-5-2-1-3-6-24)29(20-22-9-11-26-12-10-22)14-4-13-28-15-17-32-18-16-28/h1-3,5-12,19,21H,4,13-18,20H2/b8-7+. The van der Waals surface area contributed by atoms with Crippen molar-refractivity contribution in [3.8, 4) is 5.69 Å². The Morgan fingerprint density at radius 3 is 2.66 bits per heavy atom. The molecule has 7 heteroatoms. The molecule has 1 aromatic carbocycles. The number of carbonyl (C=O) groups excluding carboxylic acids is 1. The first-order valence-corrected chi connectivity index (χ1v) is 11.0. The number of hydrogen-bond donors (Lipinski definition) is 0. The van der Waals surface area contributed by atoms with Gasteiger partial charge in [-0.1, -0.05) is 18.2 Å². The number of nitrogens with zero attached hydrogens (tertiary/aromatic N) is 5. The Kier molecular flexibility index (Phi) is 7.79. The fraction of sp³-hybridized carbons (Fsp3) is 0.320. The molecular weight excluding hydrogens is 402 g/mol. The first-order valence-electron chi connectivity index (χ1n) is 11.0. The zero-order valence-electron chi connectivity index (χ0n) is 18.2. The summed E-state index contributed by atoms with van der Waals surface area (Å²) in [6.07, 6.45) is 11.6. The summed E-state index contributed by atoms with van der Waals surface area (Å²) >= 11 is 0. The average molecular weight is 432 g/mol. The lowest BCUT2D eigenvalue weighted by Crippen LogP contribution is -2.38. The Morgan fingerprint density at radius 1 is 1.09 bits per heavy atom. The Hall–Kier alpha value is -3.29. The van der Waals surface area contributed by atoms with Crippen molar-refractivity contribution in [3.63, 3.8) is 0 Å². The highest BCUT2D eigenvalue weighted by molar-refractivity contribution is 5.91. The highest BCUT2D eigenvalue weighted by Crippen LogP contribution is 2.11.